The Morgan fingerprint density at radius 1 is 1.24 bits per heavy atom. The summed E-state index contributed by atoms with van der Waals surface area (Å²) >= 11 is 0. The van der Waals surface area contributed by atoms with Crippen LogP contribution >= 0.6 is 0 Å². The molecule has 0 aromatic heterocycles. The molecule has 0 heterocycles. The highest BCUT2D eigenvalue weighted by molar-refractivity contribution is 7.92. The fraction of sp³-hybridized carbons (Fsp3) is 0.455. The minimum absolute atomic E-state index is 0.0454. The number of benzene rings is 1. The molecule has 0 aliphatic rings. The summed E-state index contributed by atoms with van der Waals surface area (Å²) in [6, 6.07) is 4.58. The molecule has 0 fully saturated rings. The van der Waals surface area contributed by atoms with E-state index in [0.717, 1.165) is 12.1 Å². The highest BCUT2D eigenvalue weighted by Crippen LogP contribution is 2.27. The Morgan fingerprint density at radius 2 is 1.71 bits per heavy atom. The van der Waals surface area contributed by atoms with E-state index in [-0.39, 0.29) is 10.5 Å². The summed E-state index contributed by atoms with van der Waals surface area (Å²) in [7, 11) is -3.42. The Morgan fingerprint density at radius 3 is 2.06 bits per heavy atom. The maximum absolute atomic E-state index is 13.2. The van der Waals surface area contributed by atoms with Gasteiger partial charge in [-0.25, -0.2) is 8.42 Å². The molecular formula is C11H15F2NO2S. The Labute approximate surface area is 99.6 Å². The molecule has 1 rings (SSSR count). The quantitative estimate of drug-likeness (QED) is 0.902. The van der Waals surface area contributed by atoms with Crippen LogP contribution in [0, 0.1) is 0 Å². The largest absolute Gasteiger partial charge is 0.325 e. The third-order valence-corrected chi connectivity index (χ3v) is 4.65. The molecule has 6 heteroatoms. The molecule has 1 aromatic rings. The van der Waals surface area contributed by atoms with Crippen molar-refractivity contribution in [2.24, 2.45) is 5.73 Å². The number of hydrogen-bond donors (Lipinski definition) is 1. The highest BCUT2D eigenvalue weighted by Gasteiger charge is 2.30. The second kappa shape index (κ2) is 4.70. The summed E-state index contributed by atoms with van der Waals surface area (Å²) in [5.41, 5.74) is 4.67. The van der Waals surface area contributed by atoms with Crippen molar-refractivity contribution in [3.63, 3.8) is 0 Å². The predicted molar refractivity (Wildman–Crippen MR) is 61.7 cm³/mol. The van der Waals surface area contributed by atoms with Gasteiger partial charge in [0, 0.05) is 5.56 Å². The van der Waals surface area contributed by atoms with Gasteiger partial charge in [0.25, 0.3) is 5.92 Å². The van der Waals surface area contributed by atoms with Gasteiger partial charge in [-0.15, -0.1) is 0 Å². The van der Waals surface area contributed by atoms with Crippen molar-refractivity contribution >= 4 is 9.84 Å². The van der Waals surface area contributed by atoms with E-state index < -0.39 is 27.6 Å². The van der Waals surface area contributed by atoms with Crippen molar-refractivity contribution in [3.05, 3.63) is 29.8 Å². The highest BCUT2D eigenvalue weighted by atomic mass is 32.2. The molecule has 17 heavy (non-hydrogen) atoms. The third kappa shape index (κ3) is 2.81. The molecule has 0 aliphatic heterocycles. The molecule has 0 unspecified atom stereocenters. The molecule has 0 saturated carbocycles. The molecule has 0 saturated heterocycles. The van der Waals surface area contributed by atoms with Crippen LogP contribution in [-0.2, 0) is 15.8 Å². The SMILES string of the molecule is CC(C)S(=O)(=O)c1ccc(C(F)(F)CN)cc1. The van der Waals surface area contributed by atoms with Gasteiger partial charge in [0.05, 0.1) is 16.7 Å². The molecule has 96 valence electrons. The van der Waals surface area contributed by atoms with Gasteiger partial charge < -0.3 is 5.73 Å². The van der Waals surface area contributed by atoms with Gasteiger partial charge in [-0.3, -0.25) is 0 Å². The van der Waals surface area contributed by atoms with Crippen LogP contribution in [0.5, 0.6) is 0 Å². The minimum atomic E-state index is -3.42. The summed E-state index contributed by atoms with van der Waals surface area (Å²) in [4.78, 5) is 0.0454. The number of alkyl halides is 2. The predicted octanol–water partition coefficient (Wildman–Crippen LogP) is 1.92. The van der Waals surface area contributed by atoms with E-state index in [1.807, 2.05) is 0 Å². The average Bonchev–Trinajstić information content (AvgIpc) is 2.29. The van der Waals surface area contributed by atoms with Crippen LogP contribution in [0.2, 0.25) is 0 Å². The Hall–Kier alpha value is -1.01. The van der Waals surface area contributed by atoms with E-state index >= 15 is 0 Å². The zero-order chi connectivity index (χ0) is 13.3. The summed E-state index contributed by atoms with van der Waals surface area (Å²) < 4.78 is 49.9. The smallest absolute Gasteiger partial charge is 0.285 e. The van der Waals surface area contributed by atoms with Crippen molar-refractivity contribution in [2.75, 3.05) is 6.54 Å². The first-order valence-corrected chi connectivity index (χ1v) is 6.69. The van der Waals surface area contributed by atoms with Gasteiger partial charge >= 0.3 is 0 Å². The number of rotatable bonds is 4. The molecule has 0 aliphatic carbocycles. The summed E-state index contributed by atoms with van der Waals surface area (Å²) in [5, 5.41) is -0.580. The van der Waals surface area contributed by atoms with E-state index in [1.54, 1.807) is 0 Å². The molecule has 1 aromatic carbocycles. The first kappa shape index (κ1) is 14.1. The Bertz CT molecular complexity index is 481. The zero-order valence-electron chi connectivity index (χ0n) is 9.65. The van der Waals surface area contributed by atoms with E-state index in [0.29, 0.717) is 0 Å². The number of sulfone groups is 1. The first-order chi connectivity index (χ1) is 7.71. The molecule has 0 atom stereocenters. The Kier molecular flexibility index (Phi) is 3.88. The van der Waals surface area contributed by atoms with Crippen LogP contribution in [0.1, 0.15) is 19.4 Å². The second-order valence-electron chi connectivity index (χ2n) is 4.03. The average molecular weight is 263 g/mol. The molecule has 0 bridgehead atoms. The zero-order valence-corrected chi connectivity index (χ0v) is 10.5. The van der Waals surface area contributed by atoms with Crippen molar-refractivity contribution < 1.29 is 17.2 Å². The van der Waals surface area contributed by atoms with Crippen LogP contribution in [0.3, 0.4) is 0 Å². The van der Waals surface area contributed by atoms with Gasteiger partial charge in [-0.05, 0) is 26.0 Å². The lowest BCUT2D eigenvalue weighted by Crippen LogP contribution is -2.25. The lowest BCUT2D eigenvalue weighted by molar-refractivity contribution is 0.00589. The van der Waals surface area contributed by atoms with Crippen molar-refractivity contribution in [1.82, 2.24) is 0 Å². The van der Waals surface area contributed by atoms with E-state index in [9.17, 15) is 17.2 Å². The molecule has 2 N–H and O–H groups in total. The first-order valence-electron chi connectivity index (χ1n) is 5.14. The Balaban J connectivity index is 3.14. The number of halogens is 2. The fourth-order valence-electron chi connectivity index (χ4n) is 1.28. The van der Waals surface area contributed by atoms with E-state index in [1.165, 1.54) is 26.0 Å². The number of nitrogens with two attached hydrogens (primary N) is 1. The summed E-state index contributed by atoms with van der Waals surface area (Å²) in [6.45, 7) is 2.28. The van der Waals surface area contributed by atoms with Crippen molar-refractivity contribution in [1.29, 1.82) is 0 Å². The maximum atomic E-state index is 13.2. The standard InChI is InChI=1S/C11H15F2NO2S/c1-8(2)17(15,16)10-5-3-9(4-6-10)11(12,13)7-14/h3-6,8H,7,14H2,1-2H3. The molecule has 0 amide bonds. The summed E-state index contributed by atoms with van der Waals surface area (Å²) in [5.74, 6) is -3.12. The second-order valence-corrected chi connectivity index (χ2v) is 6.53. The van der Waals surface area contributed by atoms with Gasteiger partial charge in [-0.1, -0.05) is 12.1 Å². The molecule has 0 spiro atoms. The van der Waals surface area contributed by atoms with Gasteiger partial charge in [0.1, 0.15) is 0 Å². The van der Waals surface area contributed by atoms with Gasteiger partial charge in [0.2, 0.25) is 0 Å². The molecule has 3 nitrogen and oxygen atoms in total. The third-order valence-electron chi connectivity index (χ3n) is 2.48. The van der Waals surface area contributed by atoms with E-state index in [2.05, 4.69) is 0 Å². The normalized spacial score (nSPS) is 13.1. The van der Waals surface area contributed by atoms with Crippen LogP contribution in [0.25, 0.3) is 0 Å². The minimum Gasteiger partial charge on any atom is -0.325 e. The maximum Gasteiger partial charge on any atom is 0.285 e. The van der Waals surface area contributed by atoms with Crippen LogP contribution in [0.4, 0.5) is 8.78 Å². The summed E-state index contributed by atoms with van der Waals surface area (Å²) in [6.07, 6.45) is 0. The molecular weight excluding hydrogens is 248 g/mol. The van der Waals surface area contributed by atoms with E-state index in [4.69, 9.17) is 5.73 Å². The van der Waals surface area contributed by atoms with Crippen LogP contribution < -0.4 is 5.73 Å². The van der Waals surface area contributed by atoms with Gasteiger partial charge in [0.15, 0.2) is 9.84 Å². The topological polar surface area (TPSA) is 60.2 Å². The lowest BCUT2D eigenvalue weighted by Gasteiger charge is -2.15. The molecule has 0 radical (unpaired) electrons. The van der Waals surface area contributed by atoms with Crippen molar-refractivity contribution in [3.8, 4) is 0 Å². The van der Waals surface area contributed by atoms with Crippen LogP contribution in [-0.4, -0.2) is 20.2 Å². The van der Waals surface area contributed by atoms with Crippen LogP contribution in [0.15, 0.2) is 29.2 Å². The van der Waals surface area contributed by atoms with Gasteiger partial charge in [-0.2, -0.15) is 8.78 Å². The number of hydrogen-bond acceptors (Lipinski definition) is 3. The fourth-order valence-corrected chi connectivity index (χ4v) is 2.34. The monoisotopic (exact) mass is 263 g/mol. The lowest BCUT2D eigenvalue weighted by atomic mass is 10.1. The van der Waals surface area contributed by atoms with Crippen molar-refractivity contribution in [2.45, 2.75) is 29.9 Å².